The van der Waals surface area contributed by atoms with E-state index in [0.29, 0.717) is 11.8 Å². The van der Waals surface area contributed by atoms with Crippen molar-refractivity contribution >= 4 is 5.91 Å². The van der Waals surface area contributed by atoms with Crippen molar-refractivity contribution in [2.75, 3.05) is 26.8 Å². The highest BCUT2D eigenvalue weighted by Gasteiger charge is 2.36. The Kier molecular flexibility index (Phi) is 5.04. The Morgan fingerprint density at radius 3 is 2.44 bits per heavy atom. The van der Waals surface area contributed by atoms with Gasteiger partial charge in [-0.2, -0.15) is 0 Å². The van der Waals surface area contributed by atoms with Crippen LogP contribution >= 0.6 is 0 Å². The summed E-state index contributed by atoms with van der Waals surface area (Å²) in [6, 6.07) is 0. The molecule has 0 radical (unpaired) electrons. The third kappa shape index (κ3) is 3.25. The van der Waals surface area contributed by atoms with Crippen LogP contribution in [-0.2, 0) is 9.53 Å². The molecule has 1 saturated carbocycles. The second-order valence-corrected chi connectivity index (χ2v) is 5.99. The topological polar surface area (TPSA) is 29.5 Å². The summed E-state index contributed by atoms with van der Waals surface area (Å²) >= 11 is 0. The maximum Gasteiger partial charge on any atom is 0.225 e. The van der Waals surface area contributed by atoms with Crippen LogP contribution in [0.2, 0.25) is 0 Å². The van der Waals surface area contributed by atoms with Crippen LogP contribution in [0.1, 0.15) is 45.4 Å². The summed E-state index contributed by atoms with van der Waals surface area (Å²) < 4.78 is 5.13. The van der Waals surface area contributed by atoms with Crippen LogP contribution in [0.5, 0.6) is 0 Å². The fourth-order valence-electron chi connectivity index (χ4n) is 3.26. The number of rotatable bonds is 5. The summed E-state index contributed by atoms with van der Waals surface area (Å²) in [5.41, 5.74) is 0. The second kappa shape index (κ2) is 6.55. The van der Waals surface area contributed by atoms with E-state index in [-0.39, 0.29) is 0 Å². The van der Waals surface area contributed by atoms with Crippen molar-refractivity contribution in [2.45, 2.75) is 45.4 Å². The molecule has 0 atom stereocenters. The van der Waals surface area contributed by atoms with Crippen molar-refractivity contribution in [1.29, 1.82) is 0 Å². The molecule has 0 aromatic carbocycles. The van der Waals surface area contributed by atoms with Crippen LogP contribution in [0.15, 0.2) is 0 Å². The summed E-state index contributed by atoms with van der Waals surface area (Å²) in [6.45, 7) is 5.03. The number of ether oxygens (including phenoxy) is 1. The van der Waals surface area contributed by atoms with Crippen molar-refractivity contribution in [1.82, 2.24) is 4.90 Å². The molecule has 0 unspecified atom stereocenters. The lowest BCUT2D eigenvalue weighted by Gasteiger charge is -2.39. The summed E-state index contributed by atoms with van der Waals surface area (Å²) in [6.07, 6.45) is 7.00. The monoisotopic (exact) mass is 253 g/mol. The number of nitrogens with zero attached hydrogens (tertiary/aromatic N) is 1. The van der Waals surface area contributed by atoms with Gasteiger partial charge in [-0.15, -0.1) is 0 Å². The number of amides is 1. The average molecular weight is 253 g/mol. The lowest BCUT2D eigenvalue weighted by Crippen LogP contribution is -2.45. The minimum Gasteiger partial charge on any atom is -0.385 e. The number of hydrogen-bond donors (Lipinski definition) is 0. The van der Waals surface area contributed by atoms with E-state index < -0.39 is 0 Å². The Morgan fingerprint density at radius 2 is 1.89 bits per heavy atom. The van der Waals surface area contributed by atoms with Crippen molar-refractivity contribution in [3.8, 4) is 0 Å². The van der Waals surface area contributed by atoms with E-state index in [9.17, 15) is 4.79 Å². The molecule has 2 rings (SSSR count). The Hall–Kier alpha value is -0.570. The van der Waals surface area contributed by atoms with Gasteiger partial charge in [-0.3, -0.25) is 4.79 Å². The molecule has 2 aliphatic rings. The third-order valence-electron chi connectivity index (χ3n) is 4.82. The highest BCUT2D eigenvalue weighted by Crippen LogP contribution is 2.37. The highest BCUT2D eigenvalue weighted by molar-refractivity contribution is 5.79. The van der Waals surface area contributed by atoms with E-state index in [4.69, 9.17) is 4.74 Å². The predicted octanol–water partition coefficient (Wildman–Crippen LogP) is 2.70. The molecule has 0 N–H and O–H groups in total. The maximum absolute atomic E-state index is 12.3. The summed E-state index contributed by atoms with van der Waals surface area (Å²) in [7, 11) is 1.76. The quantitative estimate of drug-likeness (QED) is 0.754. The predicted molar refractivity (Wildman–Crippen MR) is 72.3 cm³/mol. The molecule has 3 heteroatoms. The van der Waals surface area contributed by atoms with Crippen LogP contribution in [0.3, 0.4) is 0 Å². The van der Waals surface area contributed by atoms with Gasteiger partial charge in [0, 0.05) is 32.7 Å². The Morgan fingerprint density at radius 1 is 1.22 bits per heavy atom. The Labute approximate surface area is 111 Å². The molecule has 1 aliphatic heterocycles. The lowest BCUT2D eigenvalue weighted by atomic mass is 9.72. The standard InChI is InChI=1S/C15H27NO2/c1-3-12-10-14(11-12)15(17)16-7-4-13(5-8-16)6-9-18-2/h12-14H,3-11H2,1-2H3. The minimum absolute atomic E-state index is 0.352. The molecule has 2 fully saturated rings. The number of methoxy groups -OCH3 is 1. The number of likely N-dealkylation sites (tertiary alicyclic amines) is 1. The molecule has 104 valence electrons. The van der Waals surface area contributed by atoms with Gasteiger partial charge in [0.15, 0.2) is 0 Å². The number of piperidine rings is 1. The highest BCUT2D eigenvalue weighted by atomic mass is 16.5. The first kappa shape index (κ1) is 13.9. The van der Waals surface area contributed by atoms with Gasteiger partial charge in [0.2, 0.25) is 5.91 Å². The zero-order valence-electron chi connectivity index (χ0n) is 11.9. The first-order valence-electron chi connectivity index (χ1n) is 7.52. The molecule has 1 heterocycles. The number of carbonyl (C=O) groups excluding carboxylic acids is 1. The van der Waals surface area contributed by atoms with Crippen LogP contribution < -0.4 is 0 Å². The van der Waals surface area contributed by atoms with Gasteiger partial charge < -0.3 is 9.64 Å². The molecule has 0 aromatic heterocycles. The summed E-state index contributed by atoms with van der Waals surface area (Å²) in [4.78, 5) is 14.4. The van der Waals surface area contributed by atoms with E-state index >= 15 is 0 Å². The van der Waals surface area contributed by atoms with Crippen molar-refractivity contribution < 1.29 is 9.53 Å². The molecule has 1 saturated heterocycles. The molecule has 0 bridgehead atoms. The van der Waals surface area contributed by atoms with Crippen molar-refractivity contribution in [3.05, 3.63) is 0 Å². The second-order valence-electron chi connectivity index (χ2n) is 5.99. The van der Waals surface area contributed by atoms with Gasteiger partial charge in [-0.05, 0) is 43.9 Å². The fraction of sp³-hybridized carbons (Fsp3) is 0.933. The molecular weight excluding hydrogens is 226 g/mol. The zero-order chi connectivity index (χ0) is 13.0. The lowest BCUT2D eigenvalue weighted by molar-refractivity contribution is -0.141. The zero-order valence-corrected chi connectivity index (χ0v) is 11.9. The van der Waals surface area contributed by atoms with E-state index in [0.717, 1.165) is 50.8 Å². The van der Waals surface area contributed by atoms with Gasteiger partial charge in [-0.25, -0.2) is 0 Å². The van der Waals surface area contributed by atoms with Crippen molar-refractivity contribution in [3.63, 3.8) is 0 Å². The van der Waals surface area contributed by atoms with E-state index in [1.165, 1.54) is 19.3 Å². The number of hydrogen-bond acceptors (Lipinski definition) is 2. The minimum atomic E-state index is 0.352. The molecular formula is C15H27NO2. The number of carbonyl (C=O) groups is 1. The largest absolute Gasteiger partial charge is 0.385 e. The molecule has 1 aliphatic carbocycles. The SMILES string of the molecule is CCC1CC(C(=O)N2CCC(CCOC)CC2)C1. The normalized spacial score (nSPS) is 29.1. The maximum atomic E-state index is 12.3. The van der Waals surface area contributed by atoms with Gasteiger partial charge in [0.05, 0.1) is 0 Å². The first-order chi connectivity index (χ1) is 8.74. The van der Waals surface area contributed by atoms with Gasteiger partial charge >= 0.3 is 0 Å². The van der Waals surface area contributed by atoms with Crippen molar-refractivity contribution in [2.24, 2.45) is 17.8 Å². The summed E-state index contributed by atoms with van der Waals surface area (Å²) in [5, 5.41) is 0. The Balaban J connectivity index is 1.68. The van der Waals surface area contributed by atoms with E-state index in [2.05, 4.69) is 11.8 Å². The van der Waals surface area contributed by atoms with Gasteiger partial charge in [-0.1, -0.05) is 13.3 Å². The molecule has 0 spiro atoms. The molecule has 18 heavy (non-hydrogen) atoms. The summed E-state index contributed by atoms with van der Waals surface area (Å²) in [5.74, 6) is 2.37. The van der Waals surface area contributed by atoms with E-state index in [1.54, 1.807) is 7.11 Å². The van der Waals surface area contributed by atoms with Crippen LogP contribution in [0.4, 0.5) is 0 Å². The molecule has 0 aromatic rings. The smallest absolute Gasteiger partial charge is 0.225 e. The third-order valence-corrected chi connectivity index (χ3v) is 4.82. The average Bonchev–Trinajstić information content (AvgIpc) is 2.35. The molecule has 3 nitrogen and oxygen atoms in total. The van der Waals surface area contributed by atoms with Crippen LogP contribution in [-0.4, -0.2) is 37.6 Å². The molecule has 1 amide bonds. The van der Waals surface area contributed by atoms with Gasteiger partial charge in [0.25, 0.3) is 0 Å². The van der Waals surface area contributed by atoms with Crippen LogP contribution in [0, 0.1) is 17.8 Å². The van der Waals surface area contributed by atoms with E-state index in [1.807, 2.05) is 0 Å². The Bertz CT molecular complexity index is 266. The first-order valence-corrected chi connectivity index (χ1v) is 7.52. The van der Waals surface area contributed by atoms with Gasteiger partial charge in [0.1, 0.15) is 0 Å². The fourth-order valence-corrected chi connectivity index (χ4v) is 3.26. The van der Waals surface area contributed by atoms with Crippen LogP contribution in [0.25, 0.3) is 0 Å².